The van der Waals surface area contributed by atoms with Gasteiger partial charge in [-0.3, -0.25) is 4.79 Å². The molecule has 0 bridgehead atoms. The van der Waals surface area contributed by atoms with Gasteiger partial charge in [0.15, 0.2) is 0 Å². The van der Waals surface area contributed by atoms with Gasteiger partial charge < -0.3 is 5.32 Å². The number of nitrogens with one attached hydrogen (secondary N) is 1. The zero-order valence-electron chi connectivity index (χ0n) is 17.4. The largest absolute Gasteiger partial charge is 0.325 e. The minimum Gasteiger partial charge on any atom is -0.325 e. The summed E-state index contributed by atoms with van der Waals surface area (Å²) in [7, 11) is -4.01. The molecule has 0 aliphatic rings. The molecule has 9 heteroatoms. The van der Waals surface area contributed by atoms with Gasteiger partial charge in [0.2, 0.25) is 15.9 Å². The summed E-state index contributed by atoms with van der Waals surface area (Å²) in [5.74, 6) is -0.463. The lowest BCUT2D eigenvalue weighted by Crippen LogP contribution is -2.37. The topological polar surface area (TPSA) is 66.5 Å². The second-order valence-electron chi connectivity index (χ2n) is 7.34. The number of nitrogens with zero attached hydrogens (tertiary/aromatic N) is 1. The fourth-order valence-electron chi connectivity index (χ4n) is 3.13. The van der Waals surface area contributed by atoms with Crippen LogP contribution < -0.4 is 5.32 Å². The van der Waals surface area contributed by atoms with Crippen molar-refractivity contribution in [1.29, 1.82) is 0 Å². The van der Waals surface area contributed by atoms with Crippen LogP contribution in [0.5, 0.6) is 0 Å². The molecule has 1 amide bonds. The normalized spacial score (nSPS) is 11.6. The van der Waals surface area contributed by atoms with E-state index in [4.69, 9.17) is 34.8 Å². The summed E-state index contributed by atoms with van der Waals surface area (Å²) in [5, 5.41) is 3.86. The van der Waals surface area contributed by atoms with Crippen LogP contribution in [0.3, 0.4) is 0 Å². The Morgan fingerprint density at radius 1 is 0.906 bits per heavy atom. The van der Waals surface area contributed by atoms with Gasteiger partial charge in [-0.05, 0) is 67.4 Å². The third kappa shape index (κ3) is 6.03. The number of amides is 1. The molecule has 1 N–H and O–H groups in total. The molecule has 0 aliphatic heterocycles. The van der Waals surface area contributed by atoms with Crippen LogP contribution in [-0.4, -0.2) is 25.2 Å². The number of hydrogen-bond donors (Lipinski definition) is 1. The molecule has 0 saturated heterocycles. The third-order valence-electron chi connectivity index (χ3n) is 4.77. The standard InChI is InChI=1S/C23H21Cl3N2O3S/c1-15-3-10-22(16(2)11-15)27-23(29)14-28(13-17-4-9-20(25)21(26)12-17)32(30,31)19-7-5-18(24)6-8-19/h3-12H,13-14H2,1-2H3,(H,27,29). The van der Waals surface area contributed by atoms with Crippen molar-refractivity contribution < 1.29 is 13.2 Å². The number of hydrogen-bond acceptors (Lipinski definition) is 3. The number of rotatable bonds is 7. The number of benzene rings is 3. The molecule has 0 aliphatic carbocycles. The molecule has 0 unspecified atom stereocenters. The van der Waals surface area contributed by atoms with E-state index in [1.807, 2.05) is 26.0 Å². The maximum atomic E-state index is 13.3. The Morgan fingerprint density at radius 3 is 2.22 bits per heavy atom. The lowest BCUT2D eigenvalue weighted by molar-refractivity contribution is -0.116. The van der Waals surface area contributed by atoms with Gasteiger partial charge in [0.1, 0.15) is 0 Å². The van der Waals surface area contributed by atoms with Crippen LogP contribution in [0.15, 0.2) is 65.6 Å². The summed E-state index contributed by atoms with van der Waals surface area (Å²) in [6.07, 6.45) is 0. The molecular weight excluding hydrogens is 491 g/mol. The molecule has 3 rings (SSSR count). The van der Waals surface area contributed by atoms with E-state index < -0.39 is 22.5 Å². The second kappa shape index (κ2) is 10.2. The summed E-state index contributed by atoms with van der Waals surface area (Å²) in [4.78, 5) is 12.8. The molecule has 3 aromatic rings. The lowest BCUT2D eigenvalue weighted by Gasteiger charge is -2.22. The number of sulfonamides is 1. The van der Waals surface area contributed by atoms with E-state index in [2.05, 4.69) is 5.32 Å². The molecule has 0 aromatic heterocycles. The molecule has 0 fully saturated rings. The van der Waals surface area contributed by atoms with Crippen LogP contribution in [0, 0.1) is 13.8 Å². The van der Waals surface area contributed by atoms with Crippen LogP contribution in [0.25, 0.3) is 0 Å². The number of halogens is 3. The van der Waals surface area contributed by atoms with Gasteiger partial charge in [0.25, 0.3) is 0 Å². The zero-order valence-corrected chi connectivity index (χ0v) is 20.5. The minimum atomic E-state index is -4.01. The van der Waals surface area contributed by atoms with Crippen molar-refractivity contribution in [2.24, 2.45) is 0 Å². The average Bonchev–Trinajstić information content (AvgIpc) is 2.72. The van der Waals surface area contributed by atoms with Gasteiger partial charge in [-0.25, -0.2) is 8.42 Å². The van der Waals surface area contributed by atoms with Crippen molar-refractivity contribution in [2.75, 3.05) is 11.9 Å². The summed E-state index contributed by atoms with van der Waals surface area (Å²) in [5.41, 5.74) is 3.16. The highest BCUT2D eigenvalue weighted by atomic mass is 35.5. The fourth-order valence-corrected chi connectivity index (χ4v) is 4.96. The van der Waals surface area contributed by atoms with E-state index >= 15 is 0 Å². The maximum absolute atomic E-state index is 13.3. The molecule has 0 radical (unpaired) electrons. The summed E-state index contributed by atoms with van der Waals surface area (Å²) >= 11 is 18.0. The number of carbonyl (C=O) groups excluding carboxylic acids is 1. The highest BCUT2D eigenvalue weighted by Crippen LogP contribution is 2.26. The van der Waals surface area contributed by atoms with Crippen molar-refractivity contribution in [3.63, 3.8) is 0 Å². The van der Waals surface area contributed by atoms with E-state index in [1.165, 1.54) is 24.3 Å². The Kier molecular flexibility index (Phi) is 7.85. The first-order chi connectivity index (χ1) is 15.1. The molecule has 0 saturated carbocycles. The average molecular weight is 512 g/mol. The SMILES string of the molecule is Cc1ccc(NC(=O)CN(Cc2ccc(Cl)c(Cl)c2)S(=O)(=O)c2ccc(Cl)cc2)c(C)c1. The predicted octanol–water partition coefficient (Wildman–Crippen LogP) is 6.09. The molecule has 0 atom stereocenters. The van der Waals surface area contributed by atoms with E-state index in [-0.39, 0.29) is 11.4 Å². The quantitative estimate of drug-likeness (QED) is 0.417. The predicted molar refractivity (Wildman–Crippen MR) is 130 cm³/mol. The van der Waals surface area contributed by atoms with E-state index in [9.17, 15) is 13.2 Å². The highest BCUT2D eigenvalue weighted by Gasteiger charge is 2.27. The van der Waals surface area contributed by atoms with Gasteiger partial charge in [0.05, 0.1) is 21.5 Å². The molecule has 32 heavy (non-hydrogen) atoms. The second-order valence-corrected chi connectivity index (χ2v) is 10.5. The summed E-state index contributed by atoms with van der Waals surface area (Å²) in [6, 6.07) is 16.2. The lowest BCUT2D eigenvalue weighted by atomic mass is 10.1. The van der Waals surface area contributed by atoms with Crippen molar-refractivity contribution in [2.45, 2.75) is 25.3 Å². The van der Waals surface area contributed by atoms with Crippen LogP contribution in [-0.2, 0) is 21.4 Å². The Morgan fingerprint density at radius 2 is 1.59 bits per heavy atom. The number of carbonyl (C=O) groups is 1. The highest BCUT2D eigenvalue weighted by molar-refractivity contribution is 7.89. The number of anilines is 1. The number of aryl methyl sites for hydroxylation is 2. The Balaban J connectivity index is 1.90. The molecule has 168 valence electrons. The molecule has 0 heterocycles. The van der Waals surface area contributed by atoms with Crippen LogP contribution in [0.1, 0.15) is 16.7 Å². The van der Waals surface area contributed by atoms with E-state index in [1.54, 1.807) is 24.3 Å². The summed E-state index contributed by atoms with van der Waals surface area (Å²) in [6.45, 7) is 3.37. The monoisotopic (exact) mass is 510 g/mol. The molecular formula is C23H21Cl3N2O3S. The third-order valence-corrected chi connectivity index (χ3v) is 7.57. The van der Waals surface area contributed by atoms with Gasteiger partial charge in [-0.1, -0.05) is 58.6 Å². The zero-order chi connectivity index (χ0) is 23.5. The Labute approximate surface area is 203 Å². The molecule has 0 spiro atoms. The minimum absolute atomic E-state index is 0.0290. The van der Waals surface area contributed by atoms with Crippen molar-refractivity contribution in [3.8, 4) is 0 Å². The van der Waals surface area contributed by atoms with Crippen molar-refractivity contribution in [1.82, 2.24) is 4.31 Å². The first-order valence-corrected chi connectivity index (χ1v) is 12.2. The van der Waals surface area contributed by atoms with Crippen LogP contribution >= 0.6 is 34.8 Å². The molecule has 5 nitrogen and oxygen atoms in total. The van der Waals surface area contributed by atoms with Crippen molar-refractivity contribution in [3.05, 3.63) is 92.4 Å². The van der Waals surface area contributed by atoms with Gasteiger partial charge in [-0.15, -0.1) is 0 Å². The first kappa shape index (κ1) is 24.6. The Bertz CT molecular complexity index is 1250. The molecule has 3 aromatic carbocycles. The van der Waals surface area contributed by atoms with Crippen LogP contribution in [0.2, 0.25) is 15.1 Å². The van der Waals surface area contributed by atoms with Crippen molar-refractivity contribution >= 4 is 56.4 Å². The smallest absolute Gasteiger partial charge is 0.243 e. The van der Waals surface area contributed by atoms with Gasteiger partial charge in [0, 0.05) is 17.3 Å². The summed E-state index contributed by atoms with van der Waals surface area (Å²) < 4.78 is 27.8. The van der Waals surface area contributed by atoms with E-state index in [0.29, 0.717) is 26.3 Å². The van der Waals surface area contributed by atoms with Gasteiger partial charge >= 0.3 is 0 Å². The Hall–Kier alpha value is -2.09. The maximum Gasteiger partial charge on any atom is 0.243 e. The van der Waals surface area contributed by atoms with Crippen LogP contribution in [0.4, 0.5) is 5.69 Å². The fraction of sp³-hybridized carbons (Fsp3) is 0.174. The first-order valence-electron chi connectivity index (χ1n) is 9.63. The van der Waals surface area contributed by atoms with Gasteiger partial charge in [-0.2, -0.15) is 4.31 Å². The van der Waals surface area contributed by atoms with E-state index in [0.717, 1.165) is 15.4 Å².